The SMILES string of the molecule is C[S+]([O-])CCn1cnc2c(F)c(Nc3ccc(Br)cc3)c(-c3nnc(N)o3)cc21. The van der Waals surface area contributed by atoms with E-state index in [0.717, 1.165) is 4.47 Å². The number of fused-ring (bicyclic) bond motifs is 1. The Morgan fingerprint density at radius 1 is 1.31 bits per heavy atom. The lowest BCUT2D eigenvalue weighted by Crippen LogP contribution is -2.10. The van der Waals surface area contributed by atoms with Crippen LogP contribution in [0, 0.1) is 5.82 Å². The number of aromatic nitrogens is 4. The highest BCUT2D eigenvalue weighted by Gasteiger charge is 2.22. The standard InChI is InChI=1S/C18H16BrFN6O2S/c1-29(27)7-6-26-9-22-16-13(26)8-12(17-24-25-18(21)28-17)15(14(16)20)23-11-4-2-10(19)3-5-11/h2-5,8-9,23H,6-7H2,1H3,(H2,21,25). The van der Waals surface area contributed by atoms with Gasteiger partial charge in [0.2, 0.25) is 0 Å². The average Bonchev–Trinajstić information content (AvgIpc) is 3.30. The van der Waals surface area contributed by atoms with Crippen LogP contribution in [-0.2, 0) is 17.7 Å². The smallest absolute Gasteiger partial charge is 0.313 e. The van der Waals surface area contributed by atoms with Crippen molar-refractivity contribution in [2.75, 3.05) is 23.1 Å². The number of anilines is 3. The van der Waals surface area contributed by atoms with Gasteiger partial charge in [-0.1, -0.05) is 32.2 Å². The maximum Gasteiger partial charge on any atom is 0.313 e. The van der Waals surface area contributed by atoms with Crippen molar-refractivity contribution in [3.63, 3.8) is 0 Å². The number of nitrogen functional groups attached to an aromatic ring is 1. The van der Waals surface area contributed by atoms with Crippen molar-refractivity contribution in [3.8, 4) is 11.5 Å². The number of aryl methyl sites for hydroxylation is 1. The summed E-state index contributed by atoms with van der Waals surface area (Å²) >= 11 is 2.39. The molecule has 11 heteroatoms. The summed E-state index contributed by atoms with van der Waals surface area (Å²) in [5.74, 6) is -0.0577. The Hall–Kier alpha value is -2.63. The first kappa shape index (κ1) is 19.7. The molecule has 0 spiro atoms. The fourth-order valence-corrected chi connectivity index (χ4v) is 3.59. The highest BCUT2D eigenvalue weighted by Crippen LogP contribution is 2.37. The van der Waals surface area contributed by atoms with Crippen LogP contribution in [0.2, 0.25) is 0 Å². The lowest BCUT2D eigenvalue weighted by atomic mass is 10.1. The second kappa shape index (κ2) is 8.01. The number of halogens is 2. The van der Waals surface area contributed by atoms with Crippen LogP contribution in [0.1, 0.15) is 0 Å². The van der Waals surface area contributed by atoms with Gasteiger partial charge in [0.15, 0.2) is 5.82 Å². The molecule has 0 aliphatic carbocycles. The van der Waals surface area contributed by atoms with E-state index in [1.807, 2.05) is 12.1 Å². The third-order valence-corrected chi connectivity index (χ3v) is 5.55. The van der Waals surface area contributed by atoms with Gasteiger partial charge in [-0.05, 0) is 30.3 Å². The normalized spacial score (nSPS) is 12.4. The molecule has 1 atom stereocenters. The molecule has 0 saturated heterocycles. The summed E-state index contributed by atoms with van der Waals surface area (Å²) in [6.07, 6.45) is 3.14. The lowest BCUT2D eigenvalue weighted by Gasteiger charge is -2.13. The number of benzene rings is 2. The first-order valence-corrected chi connectivity index (χ1v) is 11.0. The molecule has 2 aromatic heterocycles. The van der Waals surface area contributed by atoms with Crippen LogP contribution in [-0.4, -0.2) is 36.3 Å². The average molecular weight is 479 g/mol. The van der Waals surface area contributed by atoms with Crippen molar-refractivity contribution in [1.29, 1.82) is 0 Å². The van der Waals surface area contributed by atoms with Crippen LogP contribution >= 0.6 is 15.9 Å². The third kappa shape index (κ3) is 4.07. The summed E-state index contributed by atoms with van der Waals surface area (Å²) in [7, 11) is 0. The van der Waals surface area contributed by atoms with Crippen molar-refractivity contribution >= 4 is 55.5 Å². The molecule has 4 aromatic rings. The predicted molar refractivity (Wildman–Crippen MR) is 114 cm³/mol. The molecule has 0 aliphatic rings. The van der Waals surface area contributed by atoms with Crippen LogP contribution in [0.5, 0.6) is 0 Å². The van der Waals surface area contributed by atoms with Gasteiger partial charge in [-0.25, -0.2) is 9.37 Å². The first-order chi connectivity index (χ1) is 13.9. The summed E-state index contributed by atoms with van der Waals surface area (Å²) in [5.41, 5.74) is 7.44. The lowest BCUT2D eigenvalue weighted by molar-refractivity contribution is 0.588. The number of rotatable bonds is 6. The van der Waals surface area contributed by atoms with Gasteiger partial charge in [-0.3, -0.25) is 0 Å². The minimum atomic E-state index is -0.985. The molecule has 1 unspecified atom stereocenters. The minimum absolute atomic E-state index is 0.0785. The molecule has 8 nitrogen and oxygen atoms in total. The number of nitrogens with two attached hydrogens (primary N) is 1. The van der Waals surface area contributed by atoms with Gasteiger partial charge in [0.1, 0.15) is 11.3 Å². The second-order valence-electron chi connectivity index (χ2n) is 6.27. The van der Waals surface area contributed by atoms with Crippen LogP contribution < -0.4 is 11.1 Å². The van der Waals surface area contributed by atoms with E-state index in [-0.39, 0.29) is 23.1 Å². The van der Waals surface area contributed by atoms with E-state index < -0.39 is 17.0 Å². The van der Waals surface area contributed by atoms with Gasteiger partial charge >= 0.3 is 6.01 Å². The minimum Gasteiger partial charge on any atom is -0.617 e. The third-order valence-electron chi connectivity index (χ3n) is 4.26. The number of hydrogen-bond acceptors (Lipinski definition) is 7. The molecule has 150 valence electrons. The number of nitrogens with one attached hydrogen (secondary N) is 1. The second-order valence-corrected chi connectivity index (χ2v) is 8.74. The molecule has 2 heterocycles. The van der Waals surface area contributed by atoms with Crippen molar-refractivity contribution in [2.45, 2.75) is 6.54 Å². The van der Waals surface area contributed by atoms with E-state index in [2.05, 4.69) is 36.4 Å². The molecule has 4 rings (SSSR count). The van der Waals surface area contributed by atoms with Gasteiger partial charge in [0, 0.05) is 10.2 Å². The zero-order chi connectivity index (χ0) is 20.5. The summed E-state index contributed by atoms with van der Waals surface area (Å²) in [6, 6.07) is 8.86. The molecular weight excluding hydrogens is 463 g/mol. The molecular formula is C18H16BrFN6O2S. The van der Waals surface area contributed by atoms with E-state index >= 15 is 4.39 Å². The Morgan fingerprint density at radius 2 is 2.07 bits per heavy atom. The van der Waals surface area contributed by atoms with Crippen molar-refractivity contribution in [2.24, 2.45) is 0 Å². The van der Waals surface area contributed by atoms with Crippen molar-refractivity contribution in [3.05, 3.63) is 46.9 Å². The predicted octanol–water partition coefficient (Wildman–Crippen LogP) is 3.69. The van der Waals surface area contributed by atoms with Gasteiger partial charge in [0.05, 0.1) is 35.9 Å². The number of nitrogens with zero attached hydrogens (tertiary/aromatic N) is 4. The van der Waals surface area contributed by atoms with Gasteiger partial charge in [-0.2, -0.15) is 0 Å². The fourth-order valence-electron chi connectivity index (χ4n) is 2.87. The van der Waals surface area contributed by atoms with Crippen LogP contribution in [0.25, 0.3) is 22.5 Å². The topological polar surface area (TPSA) is 118 Å². The quantitative estimate of drug-likeness (QED) is 0.405. The molecule has 0 bridgehead atoms. The van der Waals surface area contributed by atoms with Gasteiger partial charge in [0.25, 0.3) is 5.89 Å². The maximum atomic E-state index is 15.5. The molecule has 0 aliphatic heterocycles. The highest BCUT2D eigenvalue weighted by atomic mass is 79.9. The van der Waals surface area contributed by atoms with E-state index in [4.69, 9.17) is 10.2 Å². The van der Waals surface area contributed by atoms with Crippen LogP contribution in [0.15, 0.2) is 45.5 Å². The van der Waals surface area contributed by atoms with E-state index in [1.165, 1.54) is 6.33 Å². The van der Waals surface area contributed by atoms with Gasteiger partial charge < -0.3 is 24.6 Å². The summed E-state index contributed by atoms with van der Waals surface area (Å²) < 4.78 is 34.9. The zero-order valence-corrected chi connectivity index (χ0v) is 17.6. The van der Waals surface area contributed by atoms with E-state index in [1.54, 1.807) is 29.0 Å². The van der Waals surface area contributed by atoms with E-state index in [0.29, 0.717) is 29.1 Å². The zero-order valence-electron chi connectivity index (χ0n) is 15.2. The Kier molecular flexibility index (Phi) is 5.43. The molecule has 0 fully saturated rings. The Morgan fingerprint density at radius 3 is 2.72 bits per heavy atom. The summed E-state index contributed by atoms with van der Waals surface area (Å²) in [5, 5.41) is 10.6. The van der Waals surface area contributed by atoms with Crippen LogP contribution in [0.4, 0.5) is 21.8 Å². The van der Waals surface area contributed by atoms with Gasteiger partial charge in [-0.15, -0.1) is 5.10 Å². The molecule has 0 amide bonds. The Balaban J connectivity index is 1.86. The van der Waals surface area contributed by atoms with Crippen LogP contribution in [0.3, 0.4) is 0 Å². The van der Waals surface area contributed by atoms with Crippen molar-refractivity contribution in [1.82, 2.24) is 19.7 Å². The summed E-state index contributed by atoms with van der Waals surface area (Å²) in [6.45, 7) is 0.434. The molecule has 2 aromatic carbocycles. The molecule has 3 N–H and O–H groups in total. The van der Waals surface area contributed by atoms with E-state index in [9.17, 15) is 4.55 Å². The highest BCUT2D eigenvalue weighted by molar-refractivity contribution is 9.10. The first-order valence-electron chi connectivity index (χ1n) is 8.51. The summed E-state index contributed by atoms with van der Waals surface area (Å²) in [4.78, 5) is 4.20. The largest absolute Gasteiger partial charge is 0.617 e. The Labute approximate surface area is 176 Å². The van der Waals surface area contributed by atoms with Crippen molar-refractivity contribution < 1.29 is 13.4 Å². The Bertz CT molecular complexity index is 1160. The molecule has 0 radical (unpaired) electrons. The molecule has 0 saturated carbocycles. The molecule has 29 heavy (non-hydrogen) atoms. The monoisotopic (exact) mass is 478 g/mol. The number of hydrogen-bond donors (Lipinski definition) is 2. The maximum absolute atomic E-state index is 15.5. The number of imidazole rings is 1. The fraction of sp³-hybridized carbons (Fsp3) is 0.167.